The predicted molar refractivity (Wildman–Crippen MR) is 97.2 cm³/mol. The van der Waals surface area contributed by atoms with Gasteiger partial charge in [-0.05, 0) is 49.2 Å². The first-order valence-electron chi connectivity index (χ1n) is 8.40. The number of carbonyl (C=O) groups is 1. The lowest BCUT2D eigenvalue weighted by Crippen LogP contribution is -2.24. The van der Waals surface area contributed by atoms with E-state index in [1.54, 1.807) is 0 Å². The molecule has 2 rings (SSSR count). The highest BCUT2D eigenvalue weighted by atomic mass is 32.2. The molecule has 1 N–H and O–H groups in total. The van der Waals surface area contributed by atoms with Crippen LogP contribution < -0.4 is 5.32 Å². The van der Waals surface area contributed by atoms with Gasteiger partial charge < -0.3 is 10.1 Å². The van der Waals surface area contributed by atoms with E-state index in [9.17, 15) is 26.4 Å². The highest BCUT2D eigenvalue weighted by Crippen LogP contribution is 2.30. The molecule has 0 aromatic heterocycles. The van der Waals surface area contributed by atoms with Crippen molar-refractivity contribution in [1.82, 2.24) is 5.32 Å². The number of alkyl halides is 3. The van der Waals surface area contributed by atoms with Crippen molar-refractivity contribution >= 4 is 15.7 Å². The van der Waals surface area contributed by atoms with Crippen LogP contribution >= 0.6 is 0 Å². The standard InChI is InChI=1S/C19H20F3NO4S/c1-13(2)27-12-15-5-3-14(4-6-15)11-23-18(24)16-7-9-17(10-8-16)28(25,26)19(20,21)22/h3-10,13H,11-12H2,1-2H3,(H,23,24). The summed E-state index contributed by atoms with van der Waals surface area (Å²) in [6, 6.07) is 11.0. The lowest BCUT2D eigenvalue weighted by Gasteiger charge is -2.10. The molecule has 0 atom stereocenters. The average molecular weight is 415 g/mol. The maximum absolute atomic E-state index is 12.5. The number of sulfone groups is 1. The number of rotatable bonds is 7. The summed E-state index contributed by atoms with van der Waals surface area (Å²) >= 11 is 0. The van der Waals surface area contributed by atoms with E-state index in [1.165, 1.54) is 0 Å². The molecular formula is C19H20F3NO4S. The fourth-order valence-electron chi connectivity index (χ4n) is 2.22. The molecule has 152 valence electrons. The van der Waals surface area contributed by atoms with Crippen LogP contribution in [0, 0.1) is 0 Å². The van der Waals surface area contributed by atoms with Crippen LogP contribution in [0.1, 0.15) is 35.3 Å². The topological polar surface area (TPSA) is 72.5 Å². The molecule has 1 amide bonds. The third-order valence-electron chi connectivity index (χ3n) is 3.79. The molecule has 0 aliphatic carbocycles. The van der Waals surface area contributed by atoms with Crippen molar-refractivity contribution in [3.8, 4) is 0 Å². The highest BCUT2D eigenvalue weighted by molar-refractivity contribution is 7.92. The summed E-state index contributed by atoms with van der Waals surface area (Å²) < 4.78 is 65.7. The molecule has 0 aliphatic heterocycles. The number of nitrogens with one attached hydrogen (secondary N) is 1. The predicted octanol–water partition coefficient (Wildman–Crippen LogP) is 3.84. The van der Waals surface area contributed by atoms with E-state index < -0.39 is 26.1 Å². The summed E-state index contributed by atoms with van der Waals surface area (Å²) in [4.78, 5) is 11.2. The summed E-state index contributed by atoms with van der Waals surface area (Å²) in [6.07, 6.45) is 0.122. The zero-order valence-electron chi connectivity index (χ0n) is 15.3. The number of hydrogen-bond acceptors (Lipinski definition) is 4. The maximum atomic E-state index is 12.5. The largest absolute Gasteiger partial charge is 0.501 e. The molecule has 0 heterocycles. The second-order valence-corrected chi connectivity index (χ2v) is 8.27. The average Bonchev–Trinajstić information content (AvgIpc) is 2.64. The van der Waals surface area contributed by atoms with Gasteiger partial charge in [0.1, 0.15) is 0 Å². The molecule has 5 nitrogen and oxygen atoms in total. The zero-order valence-corrected chi connectivity index (χ0v) is 16.1. The molecule has 0 bridgehead atoms. The van der Waals surface area contributed by atoms with Crippen molar-refractivity contribution in [3.05, 3.63) is 65.2 Å². The Labute approximate surface area is 161 Å². The Morgan fingerprint density at radius 2 is 1.54 bits per heavy atom. The van der Waals surface area contributed by atoms with Crippen LogP contribution in [0.3, 0.4) is 0 Å². The van der Waals surface area contributed by atoms with E-state index in [2.05, 4.69) is 5.32 Å². The number of benzene rings is 2. The van der Waals surface area contributed by atoms with Gasteiger partial charge >= 0.3 is 5.51 Å². The smallest absolute Gasteiger partial charge is 0.374 e. The Balaban J connectivity index is 1.96. The molecule has 28 heavy (non-hydrogen) atoms. The normalized spacial score (nSPS) is 12.2. The molecule has 0 saturated heterocycles. The van der Waals surface area contributed by atoms with Crippen molar-refractivity contribution in [2.45, 2.75) is 43.5 Å². The highest BCUT2D eigenvalue weighted by Gasteiger charge is 2.46. The Morgan fingerprint density at radius 3 is 2.04 bits per heavy atom. The maximum Gasteiger partial charge on any atom is 0.501 e. The first-order chi connectivity index (χ1) is 13.0. The van der Waals surface area contributed by atoms with E-state index in [4.69, 9.17) is 4.74 Å². The summed E-state index contributed by atoms with van der Waals surface area (Å²) in [7, 11) is -5.43. The van der Waals surface area contributed by atoms with Crippen LogP contribution in [0.25, 0.3) is 0 Å². The van der Waals surface area contributed by atoms with E-state index in [0.29, 0.717) is 6.61 Å². The third-order valence-corrected chi connectivity index (χ3v) is 5.29. The lowest BCUT2D eigenvalue weighted by atomic mass is 10.1. The molecule has 2 aromatic rings. The molecule has 0 spiro atoms. The Morgan fingerprint density at radius 1 is 1.00 bits per heavy atom. The minimum Gasteiger partial charge on any atom is -0.374 e. The Bertz CT molecular complexity index is 906. The van der Waals surface area contributed by atoms with Gasteiger partial charge in [-0.25, -0.2) is 8.42 Å². The number of carbonyl (C=O) groups excluding carboxylic acids is 1. The summed E-state index contributed by atoms with van der Waals surface area (Å²) in [5, 5.41) is 2.63. The summed E-state index contributed by atoms with van der Waals surface area (Å²) in [6.45, 7) is 4.58. The van der Waals surface area contributed by atoms with Crippen LogP contribution in [-0.4, -0.2) is 25.9 Å². The lowest BCUT2D eigenvalue weighted by molar-refractivity contribution is -0.0436. The van der Waals surface area contributed by atoms with Gasteiger partial charge in [0.2, 0.25) is 0 Å². The molecule has 0 fully saturated rings. The molecule has 0 radical (unpaired) electrons. The van der Waals surface area contributed by atoms with Crippen LogP contribution in [0.15, 0.2) is 53.4 Å². The zero-order chi connectivity index (χ0) is 20.9. The van der Waals surface area contributed by atoms with Crippen LogP contribution in [-0.2, 0) is 27.7 Å². The molecular weight excluding hydrogens is 395 g/mol. The van der Waals surface area contributed by atoms with Gasteiger partial charge in [0, 0.05) is 12.1 Å². The van der Waals surface area contributed by atoms with Gasteiger partial charge in [-0.3, -0.25) is 4.79 Å². The fraction of sp³-hybridized carbons (Fsp3) is 0.316. The van der Waals surface area contributed by atoms with Crippen molar-refractivity contribution in [3.63, 3.8) is 0 Å². The van der Waals surface area contributed by atoms with Gasteiger partial charge in [0.25, 0.3) is 15.7 Å². The van der Waals surface area contributed by atoms with Crippen molar-refractivity contribution < 1.29 is 31.1 Å². The Kier molecular flexibility index (Phi) is 6.84. The molecule has 0 aliphatic rings. The molecule has 0 unspecified atom stereocenters. The van der Waals surface area contributed by atoms with Gasteiger partial charge in [-0.15, -0.1) is 0 Å². The van der Waals surface area contributed by atoms with E-state index in [1.807, 2.05) is 38.1 Å². The fourth-order valence-corrected chi connectivity index (χ4v) is 2.98. The number of ether oxygens (including phenoxy) is 1. The number of amides is 1. The van der Waals surface area contributed by atoms with E-state index in [-0.39, 0.29) is 18.2 Å². The SMILES string of the molecule is CC(C)OCc1ccc(CNC(=O)c2ccc(S(=O)(=O)C(F)(F)F)cc2)cc1. The minimum atomic E-state index is -5.43. The first kappa shape index (κ1) is 21.9. The third kappa shape index (κ3) is 5.56. The van der Waals surface area contributed by atoms with Crippen molar-refractivity contribution in [2.75, 3.05) is 0 Å². The molecule has 2 aromatic carbocycles. The van der Waals surface area contributed by atoms with Crippen molar-refractivity contribution in [1.29, 1.82) is 0 Å². The van der Waals surface area contributed by atoms with Crippen LogP contribution in [0.4, 0.5) is 13.2 Å². The first-order valence-corrected chi connectivity index (χ1v) is 9.88. The monoisotopic (exact) mass is 415 g/mol. The minimum absolute atomic E-state index is 0.0584. The molecule has 9 heteroatoms. The second kappa shape index (κ2) is 8.74. The van der Waals surface area contributed by atoms with Gasteiger partial charge in [0.05, 0.1) is 17.6 Å². The van der Waals surface area contributed by atoms with E-state index in [0.717, 1.165) is 35.4 Å². The molecule has 0 saturated carbocycles. The second-order valence-electron chi connectivity index (χ2n) is 6.33. The quantitative estimate of drug-likeness (QED) is 0.746. The number of halogens is 3. The summed E-state index contributed by atoms with van der Waals surface area (Å²) in [5.41, 5.74) is -3.50. The van der Waals surface area contributed by atoms with E-state index >= 15 is 0 Å². The van der Waals surface area contributed by atoms with Gasteiger partial charge in [-0.1, -0.05) is 24.3 Å². The number of hydrogen-bond donors (Lipinski definition) is 1. The Hall–Kier alpha value is -2.39. The summed E-state index contributed by atoms with van der Waals surface area (Å²) in [5.74, 6) is -0.525. The van der Waals surface area contributed by atoms with Gasteiger partial charge in [0.15, 0.2) is 0 Å². The van der Waals surface area contributed by atoms with Crippen molar-refractivity contribution in [2.24, 2.45) is 0 Å². The van der Waals surface area contributed by atoms with Crippen LogP contribution in [0.5, 0.6) is 0 Å². The van der Waals surface area contributed by atoms with Gasteiger partial charge in [-0.2, -0.15) is 13.2 Å². The van der Waals surface area contributed by atoms with Crippen LogP contribution in [0.2, 0.25) is 0 Å².